The fraction of sp³-hybridized carbons (Fsp3) is 0.615. The molecule has 1 aliphatic carbocycles. The van der Waals surface area contributed by atoms with Crippen molar-refractivity contribution in [3.8, 4) is 5.88 Å². The summed E-state index contributed by atoms with van der Waals surface area (Å²) in [6.07, 6.45) is 3.95. The molecule has 1 N–H and O–H groups in total. The second-order valence-corrected chi connectivity index (χ2v) is 5.25. The van der Waals surface area contributed by atoms with Gasteiger partial charge in [-0.2, -0.15) is 4.98 Å². The molecule has 6 heteroatoms. The molecule has 1 saturated carbocycles. The number of anilines is 1. The van der Waals surface area contributed by atoms with E-state index in [1.807, 2.05) is 4.90 Å². The predicted octanol–water partition coefficient (Wildman–Crippen LogP) is 1.03. The van der Waals surface area contributed by atoms with Crippen LogP contribution in [0.1, 0.15) is 12.8 Å². The molecule has 2 atom stereocenters. The predicted molar refractivity (Wildman–Crippen MR) is 68.1 cm³/mol. The highest BCUT2D eigenvalue weighted by Crippen LogP contribution is 2.44. The molecule has 6 nitrogen and oxygen atoms in total. The first-order valence-corrected chi connectivity index (χ1v) is 6.54. The zero-order valence-electron chi connectivity index (χ0n) is 10.8. The largest absolute Gasteiger partial charge is 0.481 e. The van der Waals surface area contributed by atoms with Crippen LogP contribution in [0.2, 0.25) is 0 Å². The maximum atomic E-state index is 11.4. The number of hydrogen-bond acceptors (Lipinski definition) is 5. The molecule has 1 aromatic rings. The van der Waals surface area contributed by atoms with E-state index in [4.69, 9.17) is 4.74 Å². The summed E-state index contributed by atoms with van der Waals surface area (Å²) in [6.45, 7) is 1.22. The molecule has 0 aromatic carbocycles. The summed E-state index contributed by atoms with van der Waals surface area (Å²) < 4.78 is 5.08. The van der Waals surface area contributed by atoms with Gasteiger partial charge in [0, 0.05) is 25.4 Å². The smallest absolute Gasteiger partial charge is 0.308 e. The molecular weight excluding hydrogens is 246 g/mol. The minimum absolute atomic E-state index is 0.229. The minimum Gasteiger partial charge on any atom is -0.481 e. The van der Waals surface area contributed by atoms with E-state index in [0.717, 1.165) is 19.4 Å². The van der Waals surface area contributed by atoms with Crippen LogP contribution < -0.4 is 9.64 Å². The van der Waals surface area contributed by atoms with Crippen LogP contribution in [0.5, 0.6) is 5.88 Å². The molecule has 102 valence electrons. The molecule has 1 aromatic heterocycles. The lowest BCUT2D eigenvalue weighted by atomic mass is 9.92. The van der Waals surface area contributed by atoms with Gasteiger partial charge in [-0.15, -0.1) is 0 Å². The SMILES string of the molecule is COc1ccnc(N2C[C@@H](C(=O)O)[C@H](C3CC3)C2)n1. The van der Waals surface area contributed by atoms with Crippen molar-refractivity contribution in [3.05, 3.63) is 12.3 Å². The number of nitrogens with zero attached hydrogens (tertiary/aromatic N) is 3. The van der Waals surface area contributed by atoms with Crippen LogP contribution in [0.3, 0.4) is 0 Å². The molecule has 2 heterocycles. The Hall–Kier alpha value is -1.85. The molecule has 2 aliphatic rings. The van der Waals surface area contributed by atoms with E-state index in [-0.39, 0.29) is 11.8 Å². The molecule has 0 bridgehead atoms. The quantitative estimate of drug-likeness (QED) is 0.874. The number of aliphatic carboxylic acids is 1. The van der Waals surface area contributed by atoms with Gasteiger partial charge in [-0.25, -0.2) is 4.98 Å². The van der Waals surface area contributed by atoms with Crippen molar-refractivity contribution in [2.24, 2.45) is 17.8 Å². The van der Waals surface area contributed by atoms with Crippen LogP contribution in [0.15, 0.2) is 12.3 Å². The molecule has 1 saturated heterocycles. The molecule has 2 fully saturated rings. The van der Waals surface area contributed by atoms with E-state index < -0.39 is 5.97 Å². The van der Waals surface area contributed by atoms with Crippen molar-refractivity contribution in [2.45, 2.75) is 12.8 Å². The molecule has 0 amide bonds. The van der Waals surface area contributed by atoms with E-state index >= 15 is 0 Å². The average Bonchev–Trinajstić information content (AvgIpc) is 3.17. The number of methoxy groups -OCH3 is 1. The molecule has 0 unspecified atom stereocenters. The first-order chi connectivity index (χ1) is 9.19. The van der Waals surface area contributed by atoms with Gasteiger partial charge in [0.1, 0.15) is 0 Å². The summed E-state index contributed by atoms with van der Waals surface area (Å²) in [5.74, 6) is 0.856. The van der Waals surface area contributed by atoms with Crippen molar-refractivity contribution in [3.63, 3.8) is 0 Å². The number of ether oxygens (including phenoxy) is 1. The third-order valence-corrected chi connectivity index (χ3v) is 4.02. The first-order valence-electron chi connectivity index (χ1n) is 6.54. The van der Waals surface area contributed by atoms with Gasteiger partial charge in [0.25, 0.3) is 0 Å². The zero-order chi connectivity index (χ0) is 13.4. The molecule has 0 radical (unpaired) electrons. The highest BCUT2D eigenvalue weighted by Gasteiger charge is 2.46. The standard InChI is InChI=1S/C13H17N3O3/c1-19-11-4-5-14-13(15-11)16-6-9(8-2-3-8)10(7-16)12(17)18/h4-5,8-10H,2-3,6-7H2,1H3,(H,17,18)/t9-,10+/m0/s1. The van der Waals surface area contributed by atoms with E-state index in [9.17, 15) is 9.90 Å². The topological polar surface area (TPSA) is 75.5 Å². The second kappa shape index (κ2) is 4.68. The number of carboxylic acid groups (broad SMARTS) is 1. The van der Waals surface area contributed by atoms with Crippen molar-refractivity contribution in [2.75, 3.05) is 25.1 Å². The number of carbonyl (C=O) groups is 1. The van der Waals surface area contributed by atoms with Gasteiger partial charge >= 0.3 is 5.97 Å². The van der Waals surface area contributed by atoms with E-state index in [0.29, 0.717) is 24.3 Å². The van der Waals surface area contributed by atoms with Gasteiger partial charge in [-0.3, -0.25) is 4.79 Å². The molecule has 3 rings (SSSR count). The van der Waals surface area contributed by atoms with Crippen LogP contribution >= 0.6 is 0 Å². The summed E-state index contributed by atoms with van der Waals surface area (Å²) in [4.78, 5) is 21.8. The van der Waals surface area contributed by atoms with Gasteiger partial charge in [-0.1, -0.05) is 0 Å². The highest BCUT2D eigenvalue weighted by atomic mass is 16.5. The fourth-order valence-electron chi connectivity index (χ4n) is 2.85. The molecule has 0 spiro atoms. The number of aromatic nitrogens is 2. The monoisotopic (exact) mass is 263 g/mol. The van der Waals surface area contributed by atoms with E-state index in [2.05, 4.69) is 9.97 Å². The number of rotatable bonds is 4. The summed E-state index contributed by atoms with van der Waals surface area (Å²) in [5.41, 5.74) is 0. The van der Waals surface area contributed by atoms with E-state index in [1.54, 1.807) is 19.4 Å². The van der Waals surface area contributed by atoms with Crippen LogP contribution in [-0.2, 0) is 4.79 Å². The van der Waals surface area contributed by atoms with Gasteiger partial charge in [-0.05, 0) is 24.7 Å². The lowest BCUT2D eigenvalue weighted by molar-refractivity contribution is -0.142. The summed E-state index contributed by atoms with van der Waals surface area (Å²) in [7, 11) is 1.56. The highest BCUT2D eigenvalue weighted by molar-refractivity contribution is 5.72. The lowest BCUT2D eigenvalue weighted by Gasteiger charge is -2.16. The molecular formula is C13H17N3O3. The lowest BCUT2D eigenvalue weighted by Crippen LogP contribution is -2.24. The third kappa shape index (κ3) is 2.34. The Labute approximate surface area is 111 Å². The van der Waals surface area contributed by atoms with Crippen molar-refractivity contribution >= 4 is 11.9 Å². The van der Waals surface area contributed by atoms with Crippen LogP contribution in [-0.4, -0.2) is 41.2 Å². The van der Waals surface area contributed by atoms with Crippen LogP contribution in [0.4, 0.5) is 5.95 Å². The maximum absolute atomic E-state index is 11.4. The van der Waals surface area contributed by atoms with E-state index in [1.165, 1.54) is 0 Å². The Kier molecular flexibility index (Phi) is 3.00. The van der Waals surface area contributed by atoms with Crippen molar-refractivity contribution in [1.82, 2.24) is 9.97 Å². The Morgan fingerprint density at radius 1 is 1.47 bits per heavy atom. The second-order valence-electron chi connectivity index (χ2n) is 5.25. The van der Waals surface area contributed by atoms with Crippen molar-refractivity contribution in [1.29, 1.82) is 0 Å². The fourth-order valence-corrected chi connectivity index (χ4v) is 2.85. The Morgan fingerprint density at radius 2 is 2.26 bits per heavy atom. The van der Waals surface area contributed by atoms with Crippen molar-refractivity contribution < 1.29 is 14.6 Å². The maximum Gasteiger partial charge on any atom is 0.308 e. The average molecular weight is 263 g/mol. The Balaban J connectivity index is 1.80. The zero-order valence-corrected chi connectivity index (χ0v) is 10.8. The summed E-state index contributed by atoms with van der Waals surface area (Å²) in [5, 5.41) is 9.33. The minimum atomic E-state index is -0.706. The molecule has 1 aliphatic heterocycles. The Morgan fingerprint density at radius 3 is 2.89 bits per heavy atom. The molecule has 19 heavy (non-hydrogen) atoms. The van der Waals surface area contributed by atoms with Gasteiger partial charge < -0.3 is 14.7 Å². The van der Waals surface area contributed by atoms with Gasteiger partial charge in [0.2, 0.25) is 11.8 Å². The Bertz CT molecular complexity index is 490. The number of hydrogen-bond donors (Lipinski definition) is 1. The first kappa shape index (κ1) is 12.2. The third-order valence-electron chi connectivity index (χ3n) is 4.02. The number of carboxylic acids is 1. The van der Waals surface area contributed by atoms with Crippen LogP contribution in [0, 0.1) is 17.8 Å². The normalized spacial score (nSPS) is 26.5. The van der Waals surface area contributed by atoms with Crippen LogP contribution in [0.25, 0.3) is 0 Å². The van der Waals surface area contributed by atoms with Gasteiger partial charge in [0.15, 0.2) is 0 Å². The van der Waals surface area contributed by atoms with Gasteiger partial charge in [0.05, 0.1) is 13.0 Å². The summed E-state index contributed by atoms with van der Waals surface area (Å²) >= 11 is 0. The summed E-state index contributed by atoms with van der Waals surface area (Å²) in [6, 6.07) is 1.69.